The highest BCUT2D eigenvalue weighted by atomic mass is 15.0. The normalized spacial score (nSPS) is 20.9. The zero-order chi connectivity index (χ0) is 9.14. The molecular formula is C11H16N+. The summed E-state index contributed by atoms with van der Waals surface area (Å²) in [5.41, 5.74) is 3.61. The van der Waals surface area contributed by atoms with Gasteiger partial charge in [-0.05, 0) is 19.9 Å². The predicted octanol–water partition coefficient (Wildman–Crippen LogP) is 2.16. The van der Waals surface area contributed by atoms with Crippen molar-refractivity contribution in [3.63, 3.8) is 0 Å². The average molecular weight is 162 g/mol. The van der Waals surface area contributed by atoms with Crippen molar-refractivity contribution in [1.29, 1.82) is 0 Å². The van der Waals surface area contributed by atoms with Gasteiger partial charge < -0.3 is 0 Å². The summed E-state index contributed by atoms with van der Waals surface area (Å²) < 4.78 is 2.20. The fourth-order valence-electron chi connectivity index (χ4n) is 1.26. The maximum absolute atomic E-state index is 4.01. The Labute approximate surface area is 74.4 Å². The fraction of sp³-hybridized carbons (Fsp3) is 0.364. The molecule has 0 N–H and O–H groups in total. The molecule has 0 radical (unpaired) electrons. The molecule has 0 saturated carbocycles. The van der Waals surface area contributed by atoms with Gasteiger partial charge in [0.15, 0.2) is 0 Å². The van der Waals surface area contributed by atoms with Crippen molar-refractivity contribution >= 4 is 5.71 Å². The topological polar surface area (TPSA) is 3.01 Å². The lowest BCUT2D eigenvalue weighted by Gasteiger charge is -2.06. The number of allylic oxidation sites excluding steroid dienone is 5. The molecule has 0 unspecified atom stereocenters. The Morgan fingerprint density at radius 2 is 2.08 bits per heavy atom. The zero-order valence-corrected chi connectivity index (χ0v) is 8.09. The number of hydrogen-bond acceptors (Lipinski definition) is 0. The molecule has 1 rings (SSSR count). The molecule has 64 valence electrons. The first-order valence-electron chi connectivity index (χ1n) is 4.29. The first-order chi connectivity index (χ1) is 5.65. The van der Waals surface area contributed by atoms with E-state index in [4.69, 9.17) is 0 Å². The highest BCUT2D eigenvalue weighted by Gasteiger charge is 2.11. The van der Waals surface area contributed by atoms with Crippen molar-refractivity contribution < 1.29 is 4.58 Å². The van der Waals surface area contributed by atoms with E-state index >= 15 is 0 Å². The van der Waals surface area contributed by atoms with Crippen molar-refractivity contribution in [1.82, 2.24) is 0 Å². The van der Waals surface area contributed by atoms with Gasteiger partial charge in [-0.1, -0.05) is 18.2 Å². The summed E-state index contributed by atoms with van der Waals surface area (Å²) in [4.78, 5) is 0. The number of hydrogen-bond donors (Lipinski definition) is 0. The van der Waals surface area contributed by atoms with Crippen LogP contribution < -0.4 is 0 Å². The minimum absolute atomic E-state index is 1.02. The second-order valence-corrected chi connectivity index (χ2v) is 3.15. The van der Waals surface area contributed by atoms with E-state index in [0.29, 0.717) is 0 Å². The molecule has 0 saturated heterocycles. The van der Waals surface area contributed by atoms with E-state index in [1.165, 1.54) is 11.3 Å². The van der Waals surface area contributed by atoms with Gasteiger partial charge >= 0.3 is 0 Å². The van der Waals surface area contributed by atoms with Gasteiger partial charge in [-0.25, -0.2) is 4.58 Å². The lowest BCUT2D eigenvalue weighted by molar-refractivity contribution is -0.492. The lowest BCUT2D eigenvalue weighted by atomic mass is 10.0. The van der Waals surface area contributed by atoms with Gasteiger partial charge in [0, 0.05) is 11.6 Å². The highest BCUT2D eigenvalue weighted by molar-refractivity contribution is 6.08. The molecule has 1 aliphatic rings. The van der Waals surface area contributed by atoms with Crippen LogP contribution in [0.15, 0.2) is 36.0 Å². The third-order valence-corrected chi connectivity index (χ3v) is 2.12. The third kappa shape index (κ3) is 1.73. The molecule has 0 heterocycles. The molecular weight excluding hydrogens is 146 g/mol. The Morgan fingerprint density at radius 1 is 1.42 bits per heavy atom. The lowest BCUT2D eigenvalue weighted by Crippen LogP contribution is -2.17. The van der Waals surface area contributed by atoms with Gasteiger partial charge in [-0.3, -0.25) is 0 Å². The van der Waals surface area contributed by atoms with Crippen molar-refractivity contribution in [2.24, 2.45) is 0 Å². The molecule has 0 aromatic rings. The van der Waals surface area contributed by atoms with E-state index in [0.717, 1.165) is 12.1 Å². The van der Waals surface area contributed by atoms with E-state index in [1.807, 2.05) is 0 Å². The second-order valence-electron chi connectivity index (χ2n) is 3.15. The van der Waals surface area contributed by atoms with Crippen LogP contribution in [0.25, 0.3) is 0 Å². The maximum atomic E-state index is 4.01. The van der Waals surface area contributed by atoms with E-state index < -0.39 is 0 Å². The molecule has 0 aromatic carbocycles. The van der Waals surface area contributed by atoms with Crippen LogP contribution in [-0.4, -0.2) is 23.9 Å². The van der Waals surface area contributed by atoms with Crippen molar-refractivity contribution in [3.05, 3.63) is 36.0 Å². The monoisotopic (exact) mass is 162 g/mol. The minimum atomic E-state index is 1.02. The first kappa shape index (κ1) is 8.98. The molecule has 0 amide bonds. The van der Waals surface area contributed by atoms with E-state index in [-0.39, 0.29) is 0 Å². The van der Waals surface area contributed by atoms with E-state index in [1.54, 1.807) is 0 Å². The molecule has 1 heteroatoms. The van der Waals surface area contributed by atoms with Gasteiger partial charge in [-0.2, -0.15) is 0 Å². The van der Waals surface area contributed by atoms with Crippen LogP contribution in [-0.2, 0) is 0 Å². The molecule has 0 aliphatic heterocycles. The molecule has 1 aliphatic carbocycles. The summed E-state index contributed by atoms with van der Waals surface area (Å²) in [6, 6.07) is 0. The summed E-state index contributed by atoms with van der Waals surface area (Å²) in [7, 11) is 2.08. The van der Waals surface area contributed by atoms with E-state index in [9.17, 15) is 0 Å². The van der Waals surface area contributed by atoms with Crippen molar-refractivity contribution in [3.8, 4) is 0 Å². The molecule has 0 spiro atoms. The van der Waals surface area contributed by atoms with Crippen molar-refractivity contribution in [2.45, 2.75) is 13.8 Å². The summed E-state index contributed by atoms with van der Waals surface area (Å²) in [6.07, 6.45) is 6.36. The molecule has 0 atom stereocenters. The third-order valence-electron chi connectivity index (χ3n) is 2.12. The smallest absolute Gasteiger partial charge is 0.206 e. The predicted molar refractivity (Wildman–Crippen MR) is 53.8 cm³/mol. The quantitative estimate of drug-likeness (QED) is 0.520. The van der Waals surface area contributed by atoms with Crippen LogP contribution in [0, 0.1) is 0 Å². The largest absolute Gasteiger partial charge is 0.232 e. The summed E-state index contributed by atoms with van der Waals surface area (Å²) in [5, 5.41) is 0. The molecule has 0 fully saturated rings. The fourth-order valence-corrected chi connectivity index (χ4v) is 1.26. The van der Waals surface area contributed by atoms with Crippen LogP contribution in [0.2, 0.25) is 0 Å². The van der Waals surface area contributed by atoms with Gasteiger partial charge in [-0.15, -0.1) is 0 Å². The summed E-state index contributed by atoms with van der Waals surface area (Å²) >= 11 is 0. The Hall–Kier alpha value is -1.11. The van der Waals surface area contributed by atoms with Crippen LogP contribution >= 0.6 is 0 Å². The SMILES string of the molecule is C=C1C=C(C)C=CC1=[N+](C)CC. The Bertz CT molecular complexity index is 290. The Morgan fingerprint density at radius 3 is 2.58 bits per heavy atom. The van der Waals surface area contributed by atoms with Gasteiger partial charge in [0.05, 0.1) is 0 Å². The summed E-state index contributed by atoms with van der Waals surface area (Å²) in [6.45, 7) is 9.25. The maximum Gasteiger partial charge on any atom is 0.206 e. The second kappa shape index (κ2) is 3.53. The minimum Gasteiger partial charge on any atom is -0.232 e. The number of nitrogens with zero attached hydrogens (tertiary/aromatic N) is 1. The molecule has 1 nitrogen and oxygen atoms in total. The van der Waals surface area contributed by atoms with Gasteiger partial charge in [0.25, 0.3) is 0 Å². The molecule has 0 bridgehead atoms. The number of rotatable bonds is 1. The van der Waals surface area contributed by atoms with Gasteiger partial charge in [0.2, 0.25) is 5.71 Å². The van der Waals surface area contributed by atoms with Crippen LogP contribution in [0.5, 0.6) is 0 Å². The van der Waals surface area contributed by atoms with Crippen LogP contribution in [0.4, 0.5) is 0 Å². The van der Waals surface area contributed by atoms with Crippen LogP contribution in [0.1, 0.15) is 13.8 Å². The van der Waals surface area contributed by atoms with E-state index in [2.05, 4.69) is 50.3 Å². The molecule has 0 aromatic heterocycles. The molecule has 12 heavy (non-hydrogen) atoms. The standard InChI is InChI=1S/C11H16N/c1-5-12(4)11-7-6-9(2)8-10(11)3/h6-8H,3,5H2,1-2,4H3/q+1. The first-order valence-corrected chi connectivity index (χ1v) is 4.29. The van der Waals surface area contributed by atoms with Gasteiger partial charge in [0.1, 0.15) is 13.6 Å². The van der Waals surface area contributed by atoms with Crippen LogP contribution in [0.3, 0.4) is 0 Å². The summed E-state index contributed by atoms with van der Waals surface area (Å²) in [5.74, 6) is 0. The Balaban J connectivity index is 3.01. The Kier molecular flexibility index (Phi) is 2.64. The average Bonchev–Trinajstić information content (AvgIpc) is 2.03. The highest BCUT2D eigenvalue weighted by Crippen LogP contribution is 2.11. The zero-order valence-electron chi connectivity index (χ0n) is 8.09. The van der Waals surface area contributed by atoms with Crippen molar-refractivity contribution in [2.75, 3.05) is 13.6 Å².